The molecule has 0 aliphatic carbocycles. The number of hydrogen-bond acceptors (Lipinski definition) is 7. The summed E-state index contributed by atoms with van der Waals surface area (Å²) in [4.78, 5) is 4.35. The van der Waals surface area contributed by atoms with Crippen molar-refractivity contribution in [2.45, 2.75) is 19.9 Å². The van der Waals surface area contributed by atoms with Gasteiger partial charge in [0.1, 0.15) is 5.01 Å². The Morgan fingerprint density at radius 3 is 2.87 bits per heavy atom. The molecule has 3 N–H and O–H groups in total. The first-order chi connectivity index (χ1) is 7.15. The molecule has 0 spiro atoms. The first kappa shape index (κ1) is 9.91. The van der Waals surface area contributed by atoms with Gasteiger partial charge in [-0.05, 0) is 13.8 Å². The molecule has 2 aromatic rings. The van der Waals surface area contributed by atoms with Gasteiger partial charge in [-0.2, -0.15) is 0 Å². The van der Waals surface area contributed by atoms with Crippen LogP contribution in [0.4, 0.5) is 12.0 Å². The third kappa shape index (κ3) is 2.24. The number of nitrogen functional groups attached to an aromatic ring is 1. The number of thiazole rings is 1. The molecule has 0 aliphatic heterocycles. The second kappa shape index (κ2) is 3.85. The molecule has 0 aromatic carbocycles. The molecule has 0 bridgehead atoms. The molecule has 2 heterocycles. The summed E-state index contributed by atoms with van der Waals surface area (Å²) < 4.78 is 5.00. The number of aryl methyl sites for hydroxylation is 1. The lowest BCUT2D eigenvalue weighted by Crippen LogP contribution is -2.06. The van der Waals surface area contributed by atoms with E-state index in [-0.39, 0.29) is 12.1 Å². The lowest BCUT2D eigenvalue weighted by Gasteiger charge is -2.07. The minimum Gasteiger partial charge on any atom is -0.390 e. The molecule has 0 saturated heterocycles. The molecular weight excluding hydrogens is 214 g/mol. The molecule has 0 fully saturated rings. The van der Waals surface area contributed by atoms with Crippen molar-refractivity contribution in [2.24, 2.45) is 0 Å². The van der Waals surface area contributed by atoms with Crippen molar-refractivity contribution in [1.82, 2.24) is 15.2 Å². The summed E-state index contributed by atoms with van der Waals surface area (Å²) >= 11 is 1.59. The van der Waals surface area contributed by atoms with Gasteiger partial charge in [-0.15, -0.1) is 11.3 Å². The summed E-state index contributed by atoms with van der Waals surface area (Å²) in [5, 5.41) is 13.3. The van der Waals surface area contributed by atoms with E-state index >= 15 is 0 Å². The van der Waals surface area contributed by atoms with Crippen LogP contribution >= 0.6 is 11.3 Å². The van der Waals surface area contributed by atoms with Gasteiger partial charge in [-0.3, -0.25) is 0 Å². The molecule has 0 saturated carbocycles. The Morgan fingerprint density at radius 1 is 1.53 bits per heavy atom. The van der Waals surface area contributed by atoms with Gasteiger partial charge in [0.15, 0.2) is 0 Å². The zero-order valence-electron chi connectivity index (χ0n) is 8.39. The van der Waals surface area contributed by atoms with Crippen molar-refractivity contribution in [1.29, 1.82) is 0 Å². The van der Waals surface area contributed by atoms with Gasteiger partial charge in [0.2, 0.25) is 0 Å². The lowest BCUT2D eigenvalue weighted by atomic mass is 10.3. The van der Waals surface area contributed by atoms with E-state index in [4.69, 9.17) is 10.2 Å². The number of hydrogen-bond donors (Lipinski definition) is 2. The van der Waals surface area contributed by atoms with Gasteiger partial charge in [-0.1, -0.05) is 10.2 Å². The Balaban J connectivity index is 2.06. The summed E-state index contributed by atoms with van der Waals surface area (Å²) in [5.41, 5.74) is 6.31. The summed E-state index contributed by atoms with van der Waals surface area (Å²) in [6.45, 7) is 3.93. The number of nitrogens with zero attached hydrogens (tertiary/aromatic N) is 3. The highest BCUT2D eigenvalue weighted by Crippen LogP contribution is 2.21. The molecular formula is C8H11N5OS. The minimum atomic E-state index is 0.0311. The molecule has 7 heteroatoms. The SMILES string of the molecule is Cc1csc(C(C)Nc2nnc(N)o2)n1. The van der Waals surface area contributed by atoms with Gasteiger partial charge in [0.25, 0.3) is 0 Å². The van der Waals surface area contributed by atoms with Gasteiger partial charge in [-0.25, -0.2) is 4.98 Å². The molecule has 6 nitrogen and oxygen atoms in total. The summed E-state index contributed by atoms with van der Waals surface area (Å²) in [5.74, 6) is 0. The zero-order chi connectivity index (χ0) is 10.8. The Hall–Kier alpha value is -1.63. The zero-order valence-corrected chi connectivity index (χ0v) is 9.21. The molecule has 1 atom stereocenters. The van der Waals surface area contributed by atoms with E-state index in [0.29, 0.717) is 6.01 Å². The second-order valence-corrected chi connectivity index (χ2v) is 4.03. The van der Waals surface area contributed by atoms with Crippen LogP contribution in [0.25, 0.3) is 0 Å². The van der Waals surface area contributed by atoms with Crippen LogP contribution in [0.1, 0.15) is 23.7 Å². The molecule has 1 unspecified atom stereocenters. The highest BCUT2D eigenvalue weighted by molar-refractivity contribution is 7.09. The molecule has 2 aromatic heterocycles. The fraction of sp³-hybridized carbons (Fsp3) is 0.375. The average molecular weight is 225 g/mol. The Kier molecular flexibility index (Phi) is 2.55. The van der Waals surface area contributed by atoms with Crippen molar-refractivity contribution in [3.8, 4) is 0 Å². The summed E-state index contributed by atoms with van der Waals surface area (Å²) in [6, 6.07) is 0.399. The van der Waals surface area contributed by atoms with Crippen LogP contribution in [0.15, 0.2) is 9.80 Å². The maximum atomic E-state index is 5.30. The first-order valence-electron chi connectivity index (χ1n) is 4.42. The third-order valence-electron chi connectivity index (χ3n) is 1.79. The van der Waals surface area contributed by atoms with Crippen LogP contribution in [0.5, 0.6) is 0 Å². The second-order valence-electron chi connectivity index (χ2n) is 3.14. The summed E-state index contributed by atoms with van der Waals surface area (Å²) in [7, 11) is 0. The Bertz CT molecular complexity index is 451. The topological polar surface area (TPSA) is 89.9 Å². The van der Waals surface area contributed by atoms with E-state index in [1.807, 2.05) is 19.2 Å². The number of aromatic nitrogens is 3. The van der Waals surface area contributed by atoms with Crippen LogP contribution in [-0.2, 0) is 0 Å². The van der Waals surface area contributed by atoms with Crippen LogP contribution < -0.4 is 11.1 Å². The fourth-order valence-corrected chi connectivity index (χ4v) is 1.91. The molecule has 15 heavy (non-hydrogen) atoms. The van der Waals surface area contributed by atoms with Gasteiger partial charge in [0, 0.05) is 11.1 Å². The fourth-order valence-electron chi connectivity index (χ4n) is 1.11. The normalized spacial score (nSPS) is 12.7. The van der Waals surface area contributed by atoms with E-state index in [0.717, 1.165) is 10.7 Å². The van der Waals surface area contributed by atoms with E-state index in [1.54, 1.807) is 11.3 Å². The van der Waals surface area contributed by atoms with Crippen LogP contribution in [0, 0.1) is 6.92 Å². The monoisotopic (exact) mass is 225 g/mol. The minimum absolute atomic E-state index is 0.0311. The number of nitrogens with two attached hydrogens (primary N) is 1. The predicted octanol–water partition coefficient (Wildman–Crippen LogP) is 1.59. The van der Waals surface area contributed by atoms with Crippen molar-refractivity contribution in [3.05, 3.63) is 16.1 Å². The van der Waals surface area contributed by atoms with Crippen LogP contribution in [0.3, 0.4) is 0 Å². The maximum Gasteiger partial charge on any atom is 0.317 e. The standard InChI is InChI=1S/C8H11N5OS/c1-4-3-15-6(10-4)5(2)11-8-13-12-7(9)14-8/h3,5H,1-2H3,(H2,9,12)(H,11,13). The maximum absolute atomic E-state index is 5.30. The predicted molar refractivity (Wildman–Crippen MR) is 57.6 cm³/mol. The van der Waals surface area contributed by atoms with Crippen molar-refractivity contribution < 1.29 is 4.42 Å². The molecule has 0 radical (unpaired) electrons. The van der Waals surface area contributed by atoms with Crippen molar-refractivity contribution in [2.75, 3.05) is 11.1 Å². The van der Waals surface area contributed by atoms with Crippen LogP contribution in [-0.4, -0.2) is 15.2 Å². The van der Waals surface area contributed by atoms with E-state index in [2.05, 4.69) is 20.5 Å². The first-order valence-corrected chi connectivity index (χ1v) is 5.30. The average Bonchev–Trinajstić information content (AvgIpc) is 2.75. The van der Waals surface area contributed by atoms with Gasteiger partial charge < -0.3 is 15.5 Å². The highest BCUT2D eigenvalue weighted by Gasteiger charge is 2.12. The molecule has 80 valence electrons. The van der Waals surface area contributed by atoms with E-state index in [9.17, 15) is 0 Å². The Morgan fingerprint density at radius 2 is 2.33 bits per heavy atom. The molecule has 0 amide bonds. The number of rotatable bonds is 3. The van der Waals surface area contributed by atoms with E-state index < -0.39 is 0 Å². The van der Waals surface area contributed by atoms with Gasteiger partial charge in [0.05, 0.1) is 6.04 Å². The Labute approximate surface area is 90.5 Å². The van der Waals surface area contributed by atoms with Crippen molar-refractivity contribution >= 4 is 23.4 Å². The van der Waals surface area contributed by atoms with Crippen LogP contribution in [0.2, 0.25) is 0 Å². The quantitative estimate of drug-likeness (QED) is 0.824. The van der Waals surface area contributed by atoms with Gasteiger partial charge >= 0.3 is 12.0 Å². The third-order valence-corrected chi connectivity index (χ3v) is 2.93. The number of anilines is 2. The smallest absolute Gasteiger partial charge is 0.317 e. The summed E-state index contributed by atoms with van der Waals surface area (Å²) in [6.07, 6.45) is 0. The lowest BCUT2D eigenvalue weighted by molar-refractivity contribution is 0.578. The van der Waals surface area contributed by atoms with Crippen molar-refractivity contribution in [3.63, 3.8) is 0 Å². The highest BCUT2D eigenvalue weighted by atomic mass is 32.1. The number of nitrogens with one attached hydrogen (secondary N) is 1. The van der Waals surface area contributed by atoms with E-state index in [1.165, 1.54) is 0 Å². The molecule has 0 aliphatic rings. The molecule has 2 rings (SSSR count). The largest absolute Gasteiger partial charge is 0.390 e.